The molecule has 1 aromatic heterocycles. The Hall–Kier alpha value is -3.75. The number of nitrogens with two attached hydrogens (primary N) is 1. The number of aryl methyl sites for hydroxylation is 1. The number of carbonyl (C=O) groups excluding carboxylic acids is 1. The summed E-state index contributed by atoms with van der Waals surface area (Å²) in [4.78, 5) is 20.0. The molecule has 0 saturated carbocycles. The van der Waals surface area contributed by atoms with Gasteiger partial charge >= 0.3 is 0 Å². The summed E-state index contributed by atoms with van der Waals surface area (Å²) in [5, 5.41) is 0. The minimum absolute atomic E-state index is 0.0452. The molecule has 7 nitrogen and oxygen atoms in total. The monoisotopic (exact) mass is 558 g/mol. The van der Waals surface area contributed by atoms with Crippen molar-refractivity contribution >= 4 is 16.9 Å². The summed E-state index contributed by atoms with van der Waals surface area (Å²) in [6, 6.07) is 21.1. The summed E-state index contributed by atoms with van der Waals surface area (Å²) in [5.41, 5.74) is 11.0. The Bertz CT molecular complexity index is 1450. The van der Waals surface area contributed by atoms with Crippen LogP contribution < -0.4 is 10.5 Å². The second-order valence-electron chi connectivity index (χ2n) is 10.8. The molecule has 3 aromatic carbocycles. The van der Waals surface area contributed by atoms with Gasteiger partial charge in [0.05, 0.1) is 12.6 Å². The maximum Gasteiger partial charge on any atom is 0.224 e. The molecule has 4 aromatic rings. The van der Waals surface area contributed by atoms with Gasteiger partial charge in [-0.05, 0) is 66.6 Å². The maximum atomic E-state index is 14.6. The fourth-order valence-corrected chi connectivity index (χ4v) is 5.80. The van der Waals surface area contributed by atoms with Gasteiger partial charge in [-0.2, -0.15) is 0 Å². The van der Waals surface area contributed by atoms with Crippen molar-refractivity contribution in [1.29, 1.82) is 0 Å². The third-order valence-corrected chi connectivity index (χ3v) is 7.94. The lowest BCUT2D eigenvalue weighted by atomic mass is 9.95. The summed E-state index contributed by atoms with van der Waals surface area (Å²) in [6.45, 7) is 2.58. The lowest BCUT2D eigenvalue weighted by Gasteiger charge is -2.33. The molecule has 0 radical (unpaired) electrons. The summed E-state index contributed by atoms with van der Waals surface area (Å²) < 4.78 is 27.2. The minimum Gasteiger partial charge on any atom is -0.497 e. The lowest BCUT2D eigenvalue weighted by molar-refractivity contribution is -0.132. The van der Waals surface area contributed by atoms with Gasteiger partial charge in [0.15, 0.2) is 5.82 Å². The number of ether oxygens (including phenoxy) is 2. The average molecular weight is 559 g/mol. The smallest absolute Gasteiger partial charge is 0.224 e. The van der Waals surface area contributed by atoms with Crippen LogP contribution in [0.25, 0.3) is 22.2 Å². The summed E-state index contributed by atoms with van der Waals surface area (Å²) in [5.74, 6) is 1.46. The Morgan fingerprint density at radius 3 is 2.51 bits per heavy atom. The van der Waals surface area contributed by atoms with Crippen LogP contribution in [-0.2, 0) is 22.5 Å². The first-order chi connectivity index (χ1) is 20.0. The number of hydrogen-bond donors (Lipinski definition) is 1. The van der Waals surface area contributed by atoms with Crippen molar-refractivity contribution < 1.29 is 18.7 Å². The summed E-state index contributed by atoms with van der Waals surface area (Å²) in [7, 11) is 3.34. The van der Waals surface area contributed by atoms with Gasteiger partial charge in [0.1, 0.15) is 17.1 Å². The molecule has 5 rings (SSSR count). The third kappa shape index (κ3) is 6.77. The summed E-state index contributed by atoms with van der Waals surface area (Å²) >= 11 is 0. The number of para-hydroxylation sites is 1. The van der Waals surface area contributed by atoms with Gasteiger partial charge in [-0.25, -0.2) is 9.37 Å². The van der Waals surface area contributed by atoms with Gasteiger partial charge in [-0.1, -0.05) is 42.5 Å². The zero-order chi connectivity index (χ0) is 28.8. The van der Waals surface area contributed by atoms with Crippen LogP contribution in [0.5, 0.6) is 5.75 Å². The van der Waals surface area contributed by atoms with Gasteiger partial charge in [-0.15, -0.1) is 0 Å². The molecule has 1 amide bonds. The van der Waals surface area contributed by atoms with Gasteiger partial charge < -0.3 is 24.7 Å². The Morgan fingerprint density at radius 2 is 1.80 bits per heavy atom. The summed E-state index contributed by atoms with van der Waals surface area (Å²) in [6.07, 6.45) is 3.50. The highest BCUT2D eigenvalue weighted by Gasteiger charge is 2.29. The molecule has 8 heteroatoms. The van der Waals surface area contributed by atoms with Crippen molar-refractivity contribution in [2.24, 2.45) is 5.73 Å². The fourth-order valence-electron chi connectivity index (χ4n) is 5.80. The largest absolute Gasteiger partial charge is 0.497 e. The van der Waals surface area contributed by atoms with E-state index in [0.29, 0.717) is 38.2 Å². The third-order valence-electron chi connectivity index (χ3n) is 7.94. The highest BCUT2D eigenvalue weighted by molar-refractivity contribution is 5.78. The molecule has 0 spiro atoms. The Kier molecular flexibility index (Phi) is 9.31. The number of likely N-dealkylation sites (tertiary alicyclic amines) is 1. The van der Waals surface area contributed by atoms with Crippen molar-refractivity contribution in [1.82, 2.24) is 14.5 Å². The molecule has 1 aliphatic heterocycles. The normalized spacial score (nSPS) is 16.2. The standard InChI is InChI=1S/C33H39FN4O3/c1-40-19-5-18-38-30-8-3-7-29(34)32(30)36-33(38)26-6-4-17-37(22-26)31(39)21-27(35)20-23-9-11-24(12-10-23)25-13-15-28(41-2)16-14-25/h3,7-16,26-27H,4-6,17-22,35H2,1-2H3. The minimum atomic E-state index is -0.319. The number of carbonyl (C=O) groups is 1. The highest BCUT2D eigenvalue weighted by Crippen LogP contribution is 2.31. The number of nitrogens with zero attached hydrogens (tertiary/aromatic N) is 3. The number of halogens is 1. The van der Waals surface area contributed by atoms with E-state index in [-0.39, 0.29) is 30.1 Å². The number of hydrogen-bond acceptors (Lipinski definition) is 5. The topological polar surface area (TPSA) is 82.6 Å². The molecule has 1 saturated heterocycles. The first kappa shape index (κ1) is 28.8. The number of fused-ring (bicyclic) bond motifs is 1. The zero-order valence-electron chi connectivity index (χ0n) is 23.9. The van der Waals surface area contributed by atoms with Crippen molar-refractivity contribution in [2.75, 3.05) is 33.9 Å². The Balaban J connectivity index is 1.21. The van der Waals surface area contributed by atoms with E-state index in [1.54, 1.807) is 20.3 Å². The second kappa shape index (κ2) is 13.3. The van der Waals surface area contributed by atoms with E-state index in [4.69, 9.17) is 20.2 Å². The molecular weight excluding hydrogens is 519 g/mol. The molecular formula is C33H39FN4O3. The first-order valence-corrected chi connectivity index (χ1v) is 14.4. The first-order valence-electron chi connectivity index (χ1n) is 14.4. The van der Waals surface area contributed by atoms with Gasteiger partial charge in [0.25, 0.3) is 0 Å². The molecule has 0 aliphatic carbocycles. The van der Waals surface area contributed by atoms with Crippen LogP contribution in [0.4, 0.5) is 4.39 Å². The van der Waals surface area contributed by atoms with Crippen LogP contribution in [0, 0.1) is 5.82 Å². The van der Waals surface area contributed by atoms with Crippen molar-refractivity contribution in [3.8, 4) is 16.9 Å². The quantitative estimate of drug-likeness (QED) is 0.244. The van der Waals surface area contributed by atoms with Crippen molar-refractivity contribution in [2.45, 2.75) is 50.6 Å². The van der Waals surface area contributed by atoms with E-state index in [1.165, 1.54) is 6.07 Å². The van der Waals surface area contributed by atoms with Gasteiger partial charge in [-0.3, -0.25) is 4.79 Å². The molecule has 1 aliphatic rings. The highest BCUT2D eigenvalue weighted by atomic mass is 19.1. The van der Waals surface area contributed by atoms with E-state index < -0.39 is 0 Å². The van der Waals surface area contributed by atoms with E-state index in [1.807, 2.05) is 35.2 Å². The number of piperidine rings is 1. The number of aromatic nitrogens is 2. The van der Waals surface area contributed by atoms with Gasteiger partial charge in [0.2, 0.25) is 5.91 Å². The van der Waals surface area contributed by atoms with E-state index in [9.17, 15) is 9.18 Å². The van der Waals surface area contributed by atoms with Crippen LogP contribution in [0.15, 0.2) is 66.7 Å². The van der Waals surface area contributed by atoms with Gasteiger partial charge in [0, 0.05) is 51.7 Å². The van der Waals surface area contributed by atoms with E-state index >= 15 is 0 Å². The fraction of sp³-hybridized carbons (Fsp3) is 0.394. The molecule has 2 N–H and O–H groups in total. The predicted molar refractivity (Wildman–Crippen MR) is 159 cm³/mol. The van der Waals surface area contributed by atoms with Crippen LogP contribution >= 0.6 is 0 Å². The molecule has 2 heterocycles. The van der Waals surface area contributed by atoms with Crippen molar-refractivity contribution in [3.63, 3.8) is 0 Å². The predicted octanol–water partition coefficient (Wildman–Crippen LogP) is 5.55. The Morgan fingerprint density at radius 1 is 1.07 bits per heavy atom. The molecule has 2 unspecified atom stereocenters. The number of benzene rings is 3. The average Bonchev–Trinajstić information content (AvgIpc) is 3.37. The SMILES string of the molecule is COCCCn1c(C2CCCN(C(=O)CC(N)Cc3ccc(-c4ccc(OC)cc4)cc3)C2)nc2c(F)cccc21. The maximum absolute atomic E-state index is 14.6. The van der Waals surface area contributed by atoms with Crippen LogP contribution in [0.2, 0.25) is 0 Å². The van der Waals surface area contributed by atoms with E-state index in [2.05, 4.69) is 28.8 Å². The second-order valence-corrected chi connectivity index (χ2v) is 10.8. The molecule has 0 bridgehead atoms. The molecule has 216 valence electrons. The lowest BCUT2D eigenvalue weighted by Crippen LogP contribution is -2.42. The molecule has 41 heavy (non-hydrogen) atoms. The zero-order valence-corrected chi connectivity index (χ0v) is 23.9. The molecule has 1 fully saturated rings. The number of rotatable bonds is 11. The van der Waals surface area contributed by atoms with Crippen LogP contribution in [0.1, 0.15) is 43.0 Å². The number of amides is 1. The number of imidazole rings is 1. The van der Waals surface area contributed by atoms with Crippen molar-refractivity contribution in [3.05, 3.63) is 83.9 Å². The Labute approximate surface area is 241 Å². The van der Waals surface area contributed by atoms with Crippen LogP contribution in [-0.4, -0.2) is 60.3 Å². The van der Waals surface area contributed by atoms with E-state index in [0.717, 1.165) is 53.0 Å². The number of methoxy groups -OCH3 is 2. The van der Waals surface area contributed by atoms with Crippen LogP contribution in [0.3, 0.4) is 0 Å². The molecule has 2 atom stereocenters.